The molecule has 0 unspecified atom stereocenters. The van der Waals surface area contributed by atoms with Crippen molar-refractivity contribution >= 4 is 11.6 Å². The Balaban J connectivity index is 1.42. The van der Waals surface area contributed by atoms with Gasteiger partial charge in [0, 0.05) is 31.3 Å². The van der Waals surface area contributed by atoms with Crippen molar-refractivity contribution in [2.75, 3.05) is 33.3 Å². The zero-order valence-corrected chi connectivity index (χ0v) is 20.2. The molecule has 1 fully saturated rings. The van der Waals surface area contributed by atoms with E-state index in [0.717, 1.165) is 59.1 Å². The highest BCUT2D eigenvalue weighted by Crippen LogP contribution is 2.30. The van der Waals surface area contributed by atoms with Crippen LogP contribution in [-0.2, 0) is 11.2 Å². The largest absolute Gasteiger partial charge is 0.497 e. The lowest BCUT2D eigenvalue weighted by atomic mass is 10.1. The second kappa shape index (κ2) is 10.7. The number of nitrogens with one attached hydrogen (secondary N) is 1. The normalized spacial score (nSPS) is 13.9. The van der Waals surface area contributed by atoms with E-state index in [2.05, 4.69) is 39.0 Å². The quantitative estimate of drug-likeness (QED) is 0.383. The Hall–Kier alpha value is -3.64. The summed E-state index contributed by atoms with van der Waals surface area (Å²) < 4.78 is 7.58. The summed E-state index contributed by atoms with van der Waals surface area (Å²) in [4.78, 5) is 20.1. The molecule has 3 heterocycles. The summed E-state index contributed by atoms with van der Waals surface area (Å²) in [5.41, 5.74) is 6.03. The minimum Gasteiger partial charge on any atom is -0.497 e. The van der Waals surface area contributed by atoms with Crippen molar-refractivity contribution in [1.29, 1.82) is 0 Å². The molecule has 180 valence electrons. The molecule has 1 amide bonds. The number of rotatable bonds is 9. The highest BCUT2D eigenvalue weighted by Gasteiger charge is 2.17. The first-order chi connectivity index (χ1) is 17.2. The van der Waals surface area contributed by atoms with Gasteiger partial charge in [-0.05, 0) is 67.7 Å². The van der Waals surface area contributed by atoms with Gasteiger partial charge < -0.3 is 19.4 Å². The van der Waals surface area contributed by atoms with Gasteiger partial charge in [0.2, 0.25) is 5.91 Å². The maximum Gasteiger partial charge on any atom is 0.220 e. The lowest BCUT2D eigenvalue weighted by Crippen LogP contribution is -2.33. The Bertz CT molecular complexity index is 1290. The van der Waals surface area contributed by atoms with Gasteiger partial charge in [0.1, 0.15) is 11.4 Å². The molecule has 2 aromatic carbocycles. The third kappa shape index (κ3) is 5.38. The highest BCUT2D eigenvalue weighted by atomic mass is 16.5. The standard InChI is InChI=1S/C29H32N4O2/c1-35-25-11-7-10-23(20-25)29-26(13-15-28(34)30-16-19-32-17-5-6-18-32)33-21-24(12-14-27(33)31-29)22-8-3-2-4-9-22/h2-4,7-12,14,20-21H,5-6,13,15-19H2,1H3,(H,30,34). The van der Waals surface area contributed by atoms with Crippen molar-refractivity contribution in [3.8, 4) is 28.1 Å². The fourth-order valence-corrected chi connectivity index (χ4v) is 4.82. The van der Waals surface area contributed by atoms with Crippen LogP contribution < -0.4 is 10.1 Å². The van der Waals surface area contributed by atoms with Crippen LogP contribution in [0.15, 0.2) is 72.9 Å². The first kappa shape index (κ1) is 23.1. The number of carbonyl (C=O) groups is 1. The van der Waals surface area contributed by atoms with E-state index in [1.54, 1.807) is 7.11 Å². The van der Waals surface area contributed by atoms with E-state index in [0.29, 0.717) is 19.4 Å². The fraction of sp³-hybridized carbons (Fsp3) is 0.310. The van der Waals surface area contributed by atoms with Gasteiger partial charge in [-0.2, -0.15) is 0 Å². The topological polar surface area (TPSA) is 58.9 Å². The number of hydrogen-bond acceptors (Lipinski definition) is 4. The Kier molecular flexibility index (Phi) is 7.09. The zero-order chi connectivity index (χ0) is 24.0. The number of likely N-dealkylation sites (tertiary alicyclic amines) is 1. The van der Waals surface area contributed by atoms with Crippen molar-refractivity contribution in [2.24, 2.45) is 0 Å². The molecule has 35 heavy (non-hydrogen) atoms. The van der Waals surface area contributed by atoms with Crippen molar-refractivity contribution in [3.05, 3.63) is 78.6 Å². The average molecular weight is 469 g/mol. The summed E-state index contributed by atoms with van der Waals surface area (Å²) >= 11 is 0. The number of imidazole rings is 1. The summed E-state index contributed by atoms with van der Waals surface area (Å²) in [6, 6.07) is 22.4. The smallest absolute Gasteiger partial charge is 0.220 e. The SMILES string of the molecule is COc1cccc(-c2nc3ccc(-c4ccccc4)cn3c2CCC(=O)NCCN2CCCC2)c1. The van der Waals surface area contributed by atoms with Crippen LogP contribution in [0.2, 0.25) is 0 Å². The number of aromatic nitrogens is 2. The molecule has 0 aliphatic carbocycles. The van der Waals surface area contributed by atoms with E-state index in [-0.39, 0.29) is 5.91 Å². The number of methoxy groups -OCH3 is 1. The predicted octanol–water partition coefficient (Wildman–Crippen LogP) is 4.82. The van der Waals surface area contributed by atoms with Crippen LogP contribution in [0.1, 0.15) is 25.0 Å². The number of nitrogens with zero attached hydrogens (tertiary/aromatic N) is 3. The second-order valence-electron chi connectivity index (χ2n) is 9.05. The molecule has 0 radical (unpaired) electrons. The molecule has 1 aliphatic rings. The van der Waals surface area contributed by atoms with E-state index in [1.807, 2.05) is 48.5 Å². The Morgan fingerprint density at radius 2 is 1.77 bits per heavy atom. The molecule has 1 aliphatic heterocycles. The lowest BCUT2D eigenvalue weighted by Gasteiger charge is -2.14. The fourth-order valence-electron chi connectivity index (χ4n) is 4.82. The summed E-state index contributed by atoms with van der Waals surface area (Å²) in [5.74, 6) is 0.866. The van der Waals surface area contributed by atoms with Crippen LogP contribution in [0.25, 0.3) is 28.0 Å². The molecule has 4 aromatic rings. The maximum absolute atomic E-state index is 12.7. The number of pyridine rings is 1. The van der Waals surface area contributed by atoms with Gasteiger partial charge in [-0.25, -0.2) is 4.98 Å². The van der Waals surface area contributed by atoms with Gasteiger partial charge in [-0.3, -0.25) is 4.79 Å². The third-order valence-corrected chi connectivity index (χ3v) is 6.71. The molecular weight excluding hydrogens is 436 g/mol. The number of hydrogen-bond donors (Lipinski definition) is 1. The Morgan fingerprint density at radius 3 is 2.57 bits per heavy atom. The van der Waals surface area contributed by atoms with Crippen LogP contribution in [-0.4, -0.2) is 53.5 Å². The molecule has 0 saturated carbocycles. The van der Waals surface area contributed by atoms with Gasteiger partial charge in [0.05, 0.1) is 18.5 Å². The third-order valence-electron chi connectivity index (χ3n) is 6.71. The molecule has 5 rings (SSSR count). The van der Waals surface area contributed by atoms with E-state index in [4.69, 9.17) is 9.72 Å². The average Bonchev–Trinajstić information content (AvgIpc) is 3.55. The number of carbonyl (C=O) groups excluding carboxylic acids is 1. The lowest BCUT2D eigenvalue weighted by molar-refractivity contribution is -0.121. The molecule has 0 bridgehead atoms. The molecular formula is C29H32N4O2. The van der Waals surface area contributed by atoms with Gasteiger partial charge in [0.15, 0.2) is 0 Å². The number of aryl methyl sites for hydroxylation is 1. The minimum absolute atomic E-state index is 0.0787. The minimum atomic E-state index is 0.0787. The summed E-state index contributed by atoms with van der Waals surface area (Å²) in [7, 11) is 1.67. The van der Waals surface area contributed by atoms with Crippen molar-refractivity contribution in [3.63, 3.8) is 0 Å². The number of amides is 1. The molecule has 1 saturated heterocycles. The van der Waals surface area contributed by atoms with E-state index in [1.165, 1.54) is 12.8 Å². The van der Waals surface area contributed by atoms with Gasteiger partial charge in [0.25, 0.3) is 0 Å². The van der Waals surface area contributed by atoms with Crippen LogP contribution in [0.5, 0.6) is 5.75 Å². The first-order valence-electron chi connectivity index (χ1n) is 12.4. The first-order valence-corrected chi connectivity index (χ1v) is 12.4. The summed E-state index contributed by atoms with van der Waals surface area (Å²) in [6.07, 6.45) is 5.67. The monoisotopic (exact) mass is 468 g/mol. The van der Waals surface area contributed by atoms with Crippen LogP contribution in [0.3, 0.4) is 0 Å². The molecule has 0 spiro atoms. The van der Waals surface area contributed by atoms with Gasteiger partial charge >= 0.3 is 0 Å². The molecule has 0 atom stereocenters. The Labute approximate surface area is 206 Å². The van der Waals surface area contributed by atoms with E-state index < -0.39 is 0 Å². The molecule has 1 N–H and O–H groups in total. The maximum atomic E-state index is 12.7. The number of benzene rings is 2. The van der Waals surface area contributed by atoms with E-state index in [9.17, 15) is 4.79 Å². The van der Waals surface area contributed by atoms with Gasteiger partial charge in [-0.1, -0.05) is 42.5 Å². The number of ether oxygens (including phenoxy) is 1. The van der Waals surface area contributed by atoms with Crippen LogP contribution in [0, 0.1) is 0 Å². The summed E-state index contributed by atoms with van der Waals surface area (Å²) in [6.45, 7) is 3.92. The van der Waals surface area contributed by atoms with Gasteiger partial charge in [-0.15, -0.1) is 0 Å². The van der Waals surface area contributed by atoms with Crippen molar-refractivity contribution in [2.45, 2.75) is 25.7 Å². The van der Waals surface area contributed by atoms with Crippen LogP contribution >= 0.6 is 0 Å². The van der Waals surface area contributed by atoms with Crippen LogP contribution in [0.4, 0.5) is 0 Å². The number of fused-ring (bicyclic) bond motifs is 1. The van der Waals surface area contributed by atoms with Crippen molar-refractivity contribution < 1.29 is 9.53 Å². The Morgan fingerprint density at radius 1 is 0.971 bits per heavy atom. The molecule has 6 heteroatoms. The second-order valence-corrected chi connectivity index (χ2v) is 9.05. The predicted molar refractivity (Wildman–Crippen MR) is 140 cm³/mol. The van der Waals surface area contributed by atoms with Crippen molar-refractivity contribution in [1.82, 2.24) is 19.6 Å². The summed E-state index contributed by atoms with van der Waals surface area (Å²) in [5, 5.41) is 3.10. The highest BCUT2D eigenvalue weighted by molar-refractivity contribution is 5.77. The zero-order valence-electron chi connectivity index (χ0n) is 20.2. The molecule has 6 nitrogen and oxygen atoms in total. The molecule has 2 aromatic heterocycles. The van der Waals surface area contributed by atoms with E-state index >= 15 is 0 Å².